The number of hydrogen-bond donors (Lipinski definition) is 2. The summed E-state index contributed by atoms with van der Waals surface area (Å²) < 4.78 is 5.63. The summed E-state index contributed by atoms with van der Waals surface area (Å²) in [6.45, 7) is 9.09. The zero-order chi connectivity index (χ0) is 11.8. The molecule has 0 aliphatic carbocycles. The van der Waals surface area contributed by atoms with Gasteiger partial charge in [0.25, 0.3) is 0 Å². The summed E-state index contributed by atoms with van der Waals surface area (Å²) in [7, 11) is 0. The van der Waals surface area contributed by atoms with E-state index < -0.39 is 0 Å². The van der Waals surface area contributed by atoms with Crippen LogP contribution in [0.25, 0.3) is 0 Å². The van der Waals surface area contributed by atoms with Gasteiger partial charge in [-0.15, -0.1) is 0 Å². The van der Waals surface area contributed by atoms with Crippen LogP contribution < -0.4 is 15.4 Å². The number of rotatable bonds is 7. The fraction of sp³-hybridized carbons (Fsp3) is 0.538. The van der Waals surface area contributed by atoms with E-state index in [4.69, 9.17) is 4.74 Å². The van der Waals surface area contributed by atoms with Crippen molar-refractivity contribution in [1.82, 2.24) is 5.32 Å². The van der Waals surface area contributed by atoms with Crippen molar-refractivity contribution >= 4 is 5.69 Å². The zero-order valence-electron chi connectivity index (χ0n) is 10.4. The molecule has 0 spiro atoms. The minimum atomic E-state index is 0.219. The maximum absolute atomic E-state index is 5.63. The minimum Gasteiger partial charge on any atom is -0.491 e. The fourth-order valence-corrected chi connectivity index (χ4v) is 1.42. The first-order valence-corrected chi connectivity index (χ1v) is 5.93. The Bertz CT molecular complexity index is 300. The van der Waals surface area contributed by atoms with E-state index in [1.54, 1.807) is 0 Å². The summed E-state index contributed by atoms with van der Waals surface area (Å²) in [5.74, 6) is 0.920. The normalized spacial score (nSPS) is 10.5. The Morgan fingerprint density at radius 2 is 2.06 bits per heavy atom. The van der Waals surface area contributed by atoms with Crippen LogP contribution in [0.1, 0.15) is 20.8 Å². The highest BCUT2D eigenvalue weighted by molar-refractivity contribution is 5.48. The highest BCUT2D eigenvalue weighted by atomic mass is 16.5. The van der Waals surface area contributed by atoms with Gasteiger partial charge in [0.15, 0.2) is 0 Å². The Labute approximate surface area is 98.2 Å². The first-order chi connectivity index (χ1) is 7.72. The molecule has 1 aromatic rings. The molecule has 3 nitrogen and oxygen atoms in total. The SMILES string of the molecule is CCNCCNc1cccc(OC(C)C)c1. The van der Waals surface area contributed by atoms with E-state index in [2.05, 4.69) is 23.6 Å². The maximum Gasteiger partial charge on any atom is 0.121 e. The molecule has 90 valence electrons. The summed E-state index contributed by atoms with van der Waals surface area (Å²) in [5.41, 5.74) is 1.11. The lowest BCUT2D eigenvalue weighted by Crippen LogP contribution is -2.21. The molecule has 1 rings (SSSR count). The summed E-state index contributed by atoms with van der Waals surface area (Å²) in [4.78, 5) is 0. The molecule has 0 radical (unpaired) electrons. The van der Waals surface area contributed by atoms with E-state index >= 15 is 0 Å². The molecule has 0 atom stereocenters. The van der Waals surface area contributed by atoms with Gasteiger partial charge < -0.3 is 15.4 Å². The lowest BCUT2D eigenvalue weighted by molar-refractivity contribution is 0.242. The van der Waals surface area contributed by atoms with Crippen molar-refractivity contribution < 1.29 is 4.74 Å². The van der Waals surface area contributed by atoms with Crippen molar-refractivity contribution in [3.8, 4) is 5.75 Å². The average Bonchev–Trinajstić information content (AvgIpc) is 2.24. The third-order valence-corrected chi connectivity index (χ3v) is 2.09. The van der Waals surface area contributed by atoms with Gasteiger partial charge in [-0.05, 0) is 32.5 Å². The maximum atomic E-state index is 5.63. The second-order valence-electron chi connectivity index (χ2n) is 3.97. The van der Waals surface area contributed by atoms with E-state index in [0.717, 1.165) is 31.1 Å². The number of likely N-dealkylation sites (N-methyl/N-ethyl adjacent to an activating group) is 1. The van der Waals surface area contributed by atoms with Crippen LogP contribution in [0.4, 0.5) is 5.69 Å². The van der Waals surface area contributed by atoms with Gasteiger partial charge in [-0.3, -0.25) is 0 Å². The Balaban J connectivity index is 2.41. The monoisotopic (exact) mass is 222 g/mol. The molecule has 0 unspecified atom stereocenters. The predicted octanol–water partition coefficient (Wildman–Crippen LogP) is 2.50. The second-order valence-corrected chi connectivity index (χ2v) is 3.97. The molecule has 0 saturated carbocycles. The van der Waals surface area contributed by atoms with Gasteiger partial charge in [0, 0.05) is 24.8 Å². The van der Waals surface area contributed by atoms with Crippen LogP contribution >= 0.6 is 0 Å². The summed E-state index contributed by atoms with van der Waals surface area (Å²) in [5, 5.41) is 6.62. The predicted molar refractivity (Wildman–Crippen MR) is 69.2 cm³/mol. The van der Waals surface area contributed by atoms with E-state index in [0.29, 0.717) is 0 Å². The molecule has 0 fully saturated rings. The first kappa shape index (κ1) is 12.8. The first-order valence-electron chi connectivity index (χ1n) is 5.93. The quantitative estimate of drug-likeness (QED) is 0.695. The summed E-state index contributed by atoms with van der Waals surface area (Å²) in [6, 6.07) is 8.08. The highest BCUT2D eigenvalue weighted by Crippen LogP contribution is 2.18. The molecular formula is C13H22N2O. The average molecular weight is 222 g/mol. The van der Waals surface area contributed by atoms with Crippen molar-refractivity contribution in [3.63, 3.8) is 0 Å². The van der Waals surface area contributed by atoms with Crippen LogP contribution in [-0.2, 0) is 0 Å². The van der Waals surface area contributed by atoms with Crippen molar-refractivity contribution in [2.75, 3.05) is 25.0 Å². The molecule has 0 bridgehead atoms. The lowest BCUT2D eigenvalue weighted by atomic mass is 10.3. The van der Waals surface area contributed by atoms with Gasteiger partial charge in [-0.1, -0.05) is 13.0 Å². The molecular weight excluding hydrogens is 200 g/mol. The van der Waals surface area contributed by atoms with Gasteiger partial charge >= 0.3 is 0 Å². The molecule has 0 heterocycles. The van der Waals surface area contributed by atoms with Gasteiger partial charge in [0.2, 0.25) is 0 Å². The van der Waals surface area contributed by atoms with Crippen molar-refractivity contribution in [1.29, 1.82) is 0 Å². The van der Waals surface area contributed by atoms with Crippen LogP contribution in [0, 0.1) is 0 Å². The van der Waals surface area contributed by atoms with Crippen molar-refractivity contribution in [3.05, 3.63) is 24.3 Å². The second kappa shape index (κ2) is 7.12. The number of nitrogens with one attached hydrogen (secondary N) is 2. The largest absolute Gasteiger partial charge is 0.491 e. The van der Waals surface area contributed by atoms with Crippen molar-refractivity contribution in [2.24, 2.45) is 0 Å². The van der Waals surface area contributed by atoms with Gasteiger partial charge in [0.05, 0.1) is 6.10 Å². The van der Waals surface area contributed by atoms with Gasteiger partial charge in [0.1, 0.15) is 5.75 Å². The molecule has 3 heteroatoms. The molecule has 1 aromatic carbocycles. The Morgan fingerprint density at radius 3 is 2.75 bits per heavy atom. The molecule has 0 amide bonds. The van der Waals surface area contributed by atoms with E-state index in [1.807, 2.05) is 32.0 Å². The number of benzene rings is 1. The number of hydrogen-bond acceptors (Lipinski definition) is 3. The summed E-state index contributed by atoms with van der Waals surface area (Å²) >= 11 is 0. The molecule has 2 N–H and O–H groups in total. The standard InChI is InChI=1S/C13H22N2O/c1-4-14-8-9-15-12-6-5-7-13(10-12)16-11(2)3/h5-7,10-11,14-15H,4,8-9H2,1-3H3. The van der Waals surface area contributed by atoms with Crippen LogP contribution in [0.5, 0.6) is 5.75 Å². The van der Waals surface area contributed by atoms with Gasteiger partial charge in [-0.2, -0.15) is 0 Å². The molecule has 0 aliphatic heterocycles. The molecule has 0 aromatic heterocycles. The highest BCUT2D eigenvalue weighted by Gasteiger charge is 1.98. The minimum absolute atomic E-state index is 0.219. The van der Waals surface area contributed by atoms with E-state index in [9.17, 15) is 0 Å². The number of anilines is 1. The Kier molecular flexibility index (Phi) is 5.72. The lowest BCUT2D eigenvalue weighted by Gasteiger charge is -2.12. The topological polar surface area (TPSA) is 33.3 Å². The molecule has 16 heavy (non-hydrogen) atoms. The van der Waals surface area contributed by atoms with Crippen LogP contribution in [0.15, 0.2) is 24.3 Å². The van der Waals surface area contributed by atoms with Crippen LogP contribution in [0.2, 0.25) is 0 Å². The molecule has 0 saturated heterocycles. The van der Waals surface area contributed by atoms with E-state index in [-0.39, 0.29) is 6.10 Å². The number of ether oxygens (including phenoxy) is 1. The Hall–Kier alpha value is -1.22. The summed E-state index contributed by atoms with van der Waals surface area (Å²) in [6.07, 6.45) is 0.219. The van der Waals surface area contributed by atoms with Crippen LogP contribution in [0.3, 0.4) is 0 Å². The van der Waals surface area contributed by atoms with Crippen molar-refractivity contribution in [2.45, 2.75) is 26.9 Å². The molecule has 0 aliphatic rings. The van der Waals surface area contributed by atoms with E-state index in [1.165, 1.54) is 0 Å². The zero-order valence-corrected chi connectivity index (χ0v) is 10.4. The third-order valence-electron chi connectivity index (χ3n) is 2.09. The fourth-order valence-electron chi connectivity index (χ4n) is 1.42. The third kappa shape index (κ3) is 5.03. The van der Waals surface area contributed by atoms with Gasteiger partial charge in [-0.25, -0.2) is 0 Å². The van der Waals surface area contributed by atoms with Crippen LogP contribution in [-0.4, -0.2) is 25.7 Å². The smallest absolute Gasteiger partial charge is 0.121 e. The Morgan fingerprint density at radius 1 is 1.25 bits per heavy atom.